The maximum atomic E-state index is 13.3. The normalized spacial score (nSPS) is 18.4. The highest BCUT2D eigenvalue weighted by Gasteiger charge is 2.47. The van der Waals surface area contributed by atoms with Gasteiger partial charge in [0.15, 0.2) is 0 Å². The molecular weight excluding hydrogens is 368 g/mol. The molecule has 2 heterocycles. The van der Waals surface area contributed by atoms with Gasteiger partial charge in [0.2, 0.25) is 5.91 Å². The number of amides is 1. The smallest absolute Gasteiger partial charge is 0.232 e. The lowest BCUT2D eigenvalue weighted by atomic mass is 9.79. The van der Waals surface area contributed by atoms with E-state index >= 15 is 0 Å². The minimum Gasteiger partial charge on any atom is -0.306 e. The third-order valence-electron chi connectivity index (χ3n) is 6.09. The highest BCUT2D eigenvalue weighted by Crippen LogP contribution is 2.39. The molecular formula is C27H24N2O. The summed E-state index contributed by atoms with van der Waals surface area (Å²) in [6, 6.07) is 31.1. The topological polar surface area (TPSA) is 33.2 Å². The Morgan fingerprint density at radius 3 is 2.23 bits per heavy atom. The number of carbonyl (C=O) groups excluding carboxylic acids is 1. The molecule has 148 valence electrons. The highest BCUT2D eigenvalue weighted by atomic mass is 16.2. The molecule has 3 heteroatoms. The van der Waals surface area contributed by atoms with Crippen LogP contribution >= 0.6 is 0 Å². The second kappa shape index (κ2) is 8.11. The molecule has 30 heavy (non-hydrogen) atoms. The maximum absolute atomic E-state index is 13.3. The average Bonchev–Trinajstić information content (AvgIpc) is 2.81. The Balaban J connectivity index is 1.46. The van der Waals surface area contributed by atoms with E-state index in [2.05, 4.69) is 53.5 Å². The quantitative estimate of drug-likeness (QED) is 0.409. The lowest BCUT2D eigenvalue weighted by molar-refractivity contribution is -0.130. The fourth-order valence-corrected chi connectivity index (χ4v) is 4.57. The van der Waals surface area contributed by atoms with E-state index in [1.807, 2.05) is 47.4 Å². The molecule has 5 rings (SSSR count). The van der Waals surface area contributed by atoms with Gasteiger partial charge in [-0.2, -0.15) is 0 Å². The van der Waals surface area contributed by atoms with Gasteiger partial charge in [-0.3, -0.25) is 9.78 Å². The van der Waals surface area contributed by atoms with Gasteiger partial charge in [-0.1, -0.05) is 78.9 Å². The molecule has 4 aromatic rings. The molecule has 1 fully saturated rings. The lowest BCUT2D eigenvalue weighted by Gasteiger charge is -2.48. The molecule has 0 aliphatic carbocycles. The van der Waals surface area contributed by atoms with Gasteiger partial charge in [0.25, 0.3) is 0 Å². The number of nitrogens with zero attached hydrogens (tertiary/aromatic N) is 2. The van der Waals surface area contributed by atoms with Gasteiger partial charge in [0.1, 0.15) is 0 Å². The molecule has 0 radical (unpaired) electrons. The van der Waals surface area contributed by atoms with Crippen LogP contribution in [0, 0.1) is 5.92 Å². The van der Waals surface area contributed by atoms with E-state index in [4.69, 9.17) is 0 Å². The van der Waals surface area contributed by atoms with Gasteiger partial charge < -0.3 is 4.90 Å². The molecule has 0 N–H and O–H groups in total. The summed E-state index contributed by atoms with van der Waals surface area (Å²) in [6.07, 6.45) is 4.49. The van der Waals surface area contributed by atoms with Crippen molar-refractivity contribution in [1.82, 2.24) is 4.98 Å². The number of rotatable bonds is 6. The zero-order valence-electron chi connectivity index (χ0n) is 16.8. The van der Waals surface area contributed by atoms with E-state index in [9.17, 15) is 4.79 Å². The number of hydrogen-bond donors (Lipinski definition) is 0. The Labute approximate surface area is 177 Å². The standard InChI is InChI=1S/C27H24N2O/c30-27-23(19-21-11-5-2-6-12-21)24(17-16-20-9-3-1-4-10-20)29(27)25-15-7-13-22-14-8-18-28-26(22)25/h1-15,18,23-24H,16-17,19H2. The number of anilines is 1. The molecule has 1 amide bonds. The molecule has 3 aromatic carbocycles. The van der Waals surface area contributed by atoms with Crippen molar-refractivity contribution in [2.75, 3.05) is 4.90 Å². The highest BCUT2D eigenvalue weighted by molar-refractivity contribution is 6.08. The predicted molar refractivity (Wildman–Crippen MR) is 121 cm³/mol. The van der Waals surface area contributed by atoms with Crippen LogP contribution in [0.4, 0.5) is 5.69 Å². The minimum atomic E-state index is 0.00933. The fourth-order valence-electron chi connectivity index (χ4n) is 4.57. The summed E-state index contributed by atoms with van der Waals surface area (Å²) in [5, 5.41) is 1.07. The summed E-state index contributed by atoms with van der Waals surface area (Å²) < 4.78 is 0. The Kier molecular flexibility index (Phi) is 5.02. The van der Waals surface area contributed by atoms with Crippen molar-refractivity contribution in [3.8, 4) is 0 Å². The first kappa shape index (κ1) is 18.6. The van der Waals surface area contributed by atoms with Crippen LogP contribution < -0.4 is 4.90 Å². The zero-order valence-corrected chi connectivity index (χ0v) is 16.8. The van der Waals surface area contributed by atoms with Crippen LogP contribution in [-0.2, 0) is 17.6 Å². The van der Waals surface area contributed by atoms with Crippen molar-refractivity contribution in [3.63, 3.8) is 0 Å². The number of fused-ring (bicyclic) bond motifs is 1. The summed E-state index contributed by atoms with van der Waals surface area (Å²) >= 11 is 0. The predicted octanol–water partition coefficient (Wildman–Crippen LogP) is 5.44. The second-order valence-corrected chi connectivity index (χ2v) is 7.95. The number of aryl methyl sites for hydroxylation is 1. The van der Waals surface area contributed by atoms with Crippen LogP contribution in [0.15, 0.2) is 97.2 Å². The largest absolute Gasteiger partial charge is 0.306 e. The summed E-state index contributed by atoms with van der Waals surface area (Å²) in [7, 11) is 0. The van der Waals surface area contributed by atoms with Crippen molar-refractivity contribution in [2.24, 2.45) is 5.92 Å². The van der Waals surface area contributed by atoms with Crippen molar-refractivity contribution in [2.45, 2.75) is 25.3 Å². The molecule has 1 saturated heterocycles. The third-order valence-corrected chi connectivity index (χ3v) is 6.09. The molecule has 1 aliphatic rings. The number of pyridine rings is 1. The summed E-state index contributed by atoms with van der Waals surface area (Å²) in [4.78, 5) is 19.9. The van der Waals surface area contributed by atoms with Crippen LogP contribution in [0.1, 0.15) is 17.5 Å². The number of para-hydroxylation sites is 1. The third kappa shape index (κ3) is 3.48. The number of hydrogen-bond acceptors (Lipinski definition) is 2. The Hall–Kier alpha value is -3.46. The molecule has 3 nitrogen and oxygen atoms in total. The number of benzene rings is 3. The van der Waals surface area contributed by atoms with Gasteiger partial charge in [0, 0.05) is 17.6 Å². The Bertz CT molecular complexity index is 1150. The van der Waals surface area contributed by atoms with E-state index in [1.54, 1.807) is 6.20 Å². The van der Waals surface area contributed by atoms with Gasteiger partial charge in [-0.15, -0.1) is 0 Å². The van der Waals surface area contributed by atoms with Crippen LogP contribution in [0.3, 0.4) is 0 Å². The van der Waals surface area contributed by atoms with Gasteiger partial charge in [-0.05, 0) is 42.5 Å². The van der Waals surface area contributed by atoms with E-state index < -0.39 is 0 Å². The number of carbonyl (C=O) groups is 1. The van der Waals surface area contributed by atoms with Crippen molar-refractivity contribution >= 4 is 22.5 Å². The SMILES string of the molecule is O=C1C(Cc2ccccc2)C(CCc2ccccc2)N1c1cccc2cccnc12. The van der Waals surface area contributed by atoms with E-state index in [1.165, 1.54) is 11.1 Å². The van der Waals surface area contributed by atoms with Crippen LogP contribution in [0.25, 0.3) is 10.9 Å². The van der Waals surface area contributed by atoms with Crippen molar-refractivity contribution < 1.29 is 4.79 Å². The molecule has 0 spiro atoms. The Morgan fingerprint density at radius 1 is 0.767 bits per heavy atom. The van der Waals surface area contributed by atoms with Crippen molar-refractivity contribution in [3.05, 3.63) is 108 Å². The molecule has 0 bridgehead atoms. The van der Waals surface area contributed by atoms with Gasteiger partial charge in [0.05, 0.1) is 17.1 Å². The van der Waals surface area contributed by atoms with Crippen LogP contribution in [-0.4, -0.2) is 16.9 Å². The van der Waals surface area contributed by atoms with E-state index in [0.29, 0.717) is 0 Å². The van der Waals surface area contributed by atoms with E-state index in [0.717, 1.165) is 35.9 Å². The summed E-state index contributed by atoms with van der Waals surface area (Å²) in [5.74, 6) is 0.213. The zero-order chi connectivity index (χ0) is 20.3. The number of aromatic nitrogens is 1. The van der Waals surface area contributed by atoms with Crippen LogP contribution in [0.2, 0.25) is 0 Å². The summed E-state index contributed by atoms with van der Waals surface area (Å²) in [6.45, 7) is 0. The Morgan fingerprint density at radius 2 is 1.47 bits per heavy atom. The fraction of sp³-hybridized carbons (Fsp3) is 0.185. The second-order valence-electron chi connectivity index (χ2n) is 7.95. The molecule has 1 aromatic heterocycles. The monoisotopic (exact) mass is 392 g/mol. The average molecular weight is 393 g/mol. The molecule has 0 saturated carbocycles. The van der Waals surface area contributed by atoms with E-state index in [-0.39, 0.29) is 17.9 Å². The van der Waals surface area contributed by atoms with Gasteiger partial charge in [-0.25, -0.2) is 0 Å². The van der Waals surface area contributed by atoms with Gasteiger partial charge >= 0.3 is 0 Å². The minimum absolute atomic E-state index is 0.00933. The lowest BCUT2D eigenvalue weighted by Crippen LogP contribution is -2.62. The van der Waals surface area contributed by atoms with Crippen molar-refractivity contribution in [1.29, 1.82) is 0 Å². The maximum Gasteiger partial charge on any atom is 0.232 e. The molecule has 2 atom stereocenters. The first-order valence-electron chi connectivity index (χ1n) is 10.6. The molecule has 2 unspecified atom stereocenters. The summed E-state index contributed by atoms with van der Waals surface area (Å²) in [5.41, 5.74) is 4.36. The molecule has 1 aliphatic heterocycles. The first-order chi connectivity index (χ1) is 14.8. The van der Waals surface area contributed by atoms with Crippen LogP contribution in [0.5, 0.6) is 0 Å². The first-order valence-corrected chi connectivity index (χ1v) is 10.6. The number of β-lactam (4-membered cyclic amide) rings is 1.